The van der Waals surface area contributed by atoms with Gasteiger partial charge < -0.3 is 16.2 Å². The van der Waals surface area contributed by atoms with Gasteiger partial charge >= 0.3 is 0 Å². The molecule has 0 aliphatic rings. The molecular weight excluding hydrogens is 382 g/mol. The largest absolute Gasteiger partial charge is 0.388 e. The number of thiazole rings is 1. The minimum atomic E-state index is -3.31. The van der Waals surface area contributed by atoms with Crippen molar-refractivity contribution in [2.24, 2.45) is 0 Å². The summed E-state index contributed by atoms with van der Waals surface area (Å²) in [4.78, 5) is 16.4. The van der Waals surface area contributed by atoms with Gasteiger partial charge in [-0.15, -0.1) is 11.3 Å². The maximum Gasteiger partial charge on any atom is 0.230 e. The number of amides is 1. The van der Waals surface area contributed by atoms with Crippen molar-refractivity contribution in [1.82, 2.24) is 4.98 Å². The van der Waals surface area contributed by atoms with Gasteiger partial charge in [-0.1, -0.05) is 48.2 Å². The van der Waals surface area contributed by atoms with Crippen LogP contribution in [0.5, 0.6) is 0 Å². The zero-order valence-corrected chi connectivity index (χ0v) is 16.1. The normalized spacial score (nSPS) is 21.9. The average molecular weight is 425 g/mol. The number of aliphatic hydroxyl groups is 1. The van der Waals surface area contributed by atoms with Crippen LogP contribution in [0.25, 0.3) is 0 Å². The van der Waals surface area contributed by atoms with Crippen LogP contribution in [0.2, 0.25) is 0 Å². The Morgan fingerprint density at radius 2 is 2.17 bits per heavy atom. The summed E-state index contributed by atoms with van der Waals surface area (Å²) in [5, 5.41) is 13.9. The Labute approximate surface area is 196 Å². The minimum Gasteiger partial charge on any atom is -0.388 e. The maximum absolute atomic E-state index is 12.7. The van der Waals surface area contributed by atoms with Crippen LogP contribution in [0.1, 0.15) is 68.2 Å². The predicted molar refractivity (Wildman–Crippen MR) is 119 cm³/mol. The molecule has 3 rings (SSSR count). The molecule has 0 spiro atoms. The highest BCUT2D eigenvalue weighted by atomic mass is 32.1. The molecule has 0 saturated heterocycles. The van der Waals surface area contributed by atoms with Crippen LogP contribution in [0.15, 0.2) is 53.7 Å². The van der Waals surface area contributed by atoms with E-state index >= 15 is 0 Å². The Morgan fingerprint density at radius 3 is 2.90 bits per heavy atom. The molecule has 1 atom stereocenters. The third kappa shape index (κ3) is 6.69. The number of hydrogen-bond acceptors (Lipinski definition) is 5. The summed E-state index contributed by atoms with van der Waals surface area (Å²) in [6.07, 6.45) is -14.0. The van der Waals surface area contributed by atoms with Crippen LogP contribution in [0.4, 0.5) is 10.8 Å². The van der Waals surface area contributed by atoms with Crippen LogP contribution >= 0.6 is 11.3 Å². The van der Waals surface area contributed by atoms with Crippen LogP contribution in [-0.4, -0.2) is 16.0 Å². The molecule has 152 valence electrons. The van der Waals surface area contributed by atoms with Gasteiger partial charge in [0.2, 0.25) is 5.91 Å². The van der Waals surface area contributed by atoms with Gasteiger partial charge in [-0.25, -0.2) is 4.98 Å². The number of aromatic nitrogens is 1. The van der Waals surface area contributed by atoms with E-state index < -0.39 is 109 Å². The van der Waals surface area contributed by atoms with E-state index in [1.165, 1.54) is 12.3 Å². The van der Waals surface area contributed by atoms with Crippen molar-refractivity contribution in [3.8, 4) is 0 Å². The molecule has 1 aromatic heterocycles. The van der Waals surface area contributed by atoms with Crippen molar-refractivity contribution >= 4 is 28.1 Å². The van der Waals surface area contributed by atoms with E-state index in [0.717, 1.165) is 11.3 Å². The number of rotatable bonds is 9. The summed E-state index contributed by atoms with van der Waals surface area (Å²) in [7, 11) is 0. The van der Waals surface area contributed by atoms with E-state index in [-0.39, 0.29) is 16.4 Å². The number of nitrogens with zero attached hydrogens (tertiary/aromatic N) is 1. The molecule has 2 aromatic carbocycles. The lowest BCUT2D eigenvalue weighted by molar-refractivity contribution is -0.115. The van der Waals surface area contributed by atoms with E-state index in [4.69, 9.17) is 26.3 Å². The first-order chi connectivity index (χ1) is 19.9. The highest BCUT2D eigenvalue weighted by Crippen LogP contribution is 2.21. The molecule has 3 aromatic rings. The van der Waals surface area contributed by atoms with Gasteiger partial charge in [-0.05, 0) is 49.3 Å². The van der Waals surface area contributed by atoms with Gasteiger partial charge in [0.15, 0.2) is 5.13 Å². The van der Waals surface area contributed by atoms with Gasteiger partial charge in [0.1, 0.15) is 0 Å². The SMILES string of the molecule is [2H]c1c([2H])c(C)c([2H])c([C@@]([2H])(O)CCC([2H])([2H])C([2H])([2H])c2c([2H])c([2H])c(NC(=O)C([2H])([2H])c3csc(N)n3)c([2H])c2[2H])c1[2H]. The van der Waals surface area contributed by atoms with Crippen LogP contribution in [-0.2, 0) is 17.5 Å². The number of hydrogen-bond donors (Lipinski definition) is 3. The first-order valence-electron chi connectivity index (χ1n) is 15.8. The van der Waals surface area contributed by atoms with E-state index in [2.05, 4.69) is 4.98 Å². The van der Waals surface area contributed by atoms with Crippen molar-refractivity contribution in [1.29, 1.82) is 0 Å². The third-order valence-corrected chi connectivity index (χ3v) is 4.04. The molecule has 0 unspecified atom stereocenters. The zero-order chi connectivity index (χ0) is 33.9. The van der Waals surface area contributed by atoms with Crippen molar-refractivity contribution in [3.05, 3.63) is 76.1 Å². The van der Waals surface area contributed by atoms with Gasteiger partial charge in [0.25, 0.3) is 0 Å². The molecule has 5 nitrogen and oxygen atoms in total. The summed E-state index contributed by atoms with van der Waals surface area (Å²) in [5.74, 6) is -1.42. The smallest absolute Gasteiger partial charge is 0.230 e. The number of nitrogens with one attached hydrogen (secondary N) is 1. The lowest BCUT2D eigenvalue weighted by Gasteiger charge is -2.11. The second-order valence-corrected chi connectivity index (χ2v) is 6.54. The zero-order valence-electron chi connectivity index (χ0n) is 30.3. The van der Waals surface area contributed by atoms with Gasteiger partial charge in [0.05, 0.1) is 30.5 Å². The van der Waals surface area contributed by atoms with Crippen LogP contribution < -0.4 is 11.1 Å². The molecule has 6 heteroatoms. The lowest BCUT2D eigenvalue weighted by Crippen LogP contribution is -2.14. The summed E-state index contributed by atoms with van der Waals surface area (Å²) < 4.78 is 123. The Hall–Kier alpha value is -2.70. The molecule has 0 radical (unpaired) electrons. The fraction of sp³-hybridized carbons (Fsp3) is 0.304. The van der Waals surface area contributed by atoms with E-state index in [9.17, 15) is 9.90 Å². The topological polar surface area (TPSA) is 88.2 Å². The van der Waals surface area contributed by atoms with E-state index in [1.807, 2.05) is 5.32 Å². The molecule has 0 bridgehead atoms. The van der Waals surface area contributed by atoms with E-state index in [0.29, 0.717) is 0 Å². The van der Waals surface area contributed by atoms with Crippen molar-refractivity contribution in [2.75, 3.05) is 11.1 Å². The first kappa shape index (κ1) is 8.98. The predicted octanol–water partition coefficient (Wildman–Crippen LogP) is 4.66. The standard InChI is InChI=1S/C23H27N3O2S/c1-16-5-4-7-18(13-16)21(27)8-3-2-6-17-9-11-19(12-10-17)25-22(28)14-20-15-29-23(24)26-20/h4-5,7,9-13,15,21,27H,2-3,6,8,14H2,1H3,(H2,24,26)(H,25,28)/t21-/m0/s1/i2D2,4D,5D,6D2,7D,9D,10D,11D,12D,13D,14D2,21D. The average Bonchev–Trinajstić information content (AvgIpc) is 3.37. The van der Waals surface area contributed by atoms with E-state index in [1.54, 1.807) is 0 Å². The number of carbonyl (C=O) groups is 1. The molecular formula is C23H27N3O2S. The molecule has 4 N–H and O–H groups in total. The fourth-order valence-corrected chi connectivity index (χ4v) is 2.58. The van der Waals surface area contributed by atoms with Crippen molar-refractivity contribution < 1.29 is 30.5 Å². The fourth-order valence-electron chi connectivity index (χ4n) is 2.08. The summed E-state index contributed by atoms with van der Waals surface area (Å²) in [6, 6.07) is -6.70. The second-order valence-electron chi connectivity index (χ2n) is 5.65. The number of carbonyl (C=O) groups excluding carboxylic acids is 1. The highest BCUT2D eigenvalue weighted by Gasteiger charge is 2.08. The Balaban J connectivity index is 1.99. The monoisotopic (exact) mass is 424 g/mol. The number of anilines is 2. The quantitative estimate of drug-likeness (QED) is 0.466. The molecule has 1 heterocycles. The highest BCUT2D eigenvalue weighted by molar-refractivity contribution is 7.13. The Bertz CT molecular complexity index is 1580. The molecule has 0 aliphatic heterocycles. The molecule has 29 heavy (non-hydrogen) atoms. The van der Waals surface area contributed by atoms with Crippen molar-refractivity contribution in [3.63, 3.8) is 0 Å². The Morgan fingerprint density at radius 1 is 1.38 bits per heavy atom. The molecule has 0 aliphatic carbocycles. The van der Waals surface area contributed by atoms with Crippen LogP contribution in [0, 0.1) is 6.92 Å². The van der Waals surface area contributed by atoms with Gasteiger partial charge in [0, 0.05) is 19.3 Å². The van der Waals surface area contributed by atoms with Gasteiger partial charge in [-0.2, -0.15) is 0 Å². The maximum atomic E-state index is 12.7. The number of benzene rings is 2. The summed E-state index contributed by atoms with van der Waals surface area (Å²) in [6.45, 7) is 1.27. The lowest BCUT2D eigenvalue weighted by atomic mass is 10.00. The summed E-state index contributed by atoms with van der Waals surface area (Å²) in [5.41, 5.74) is 2.48. The molecule has 0 fully saturated rings. The Kier molecular flexibility index (Phi) is 3.15. The minimum absolute atomic E-state index is 0.0343. The van der Waals surface area contributed by atoms with Crippen molar-refractivity contribution in [2.45, 2.75) is 45.0 Å². The second kappa shape index (κ2) is 10.2. The molecule has 1 amide bonds. The summed E-state index contributed by atoms with van der Waals surface area (Å²) >= 11 is 0.854. The van der Waals surface area contributed by atoms with Crippen LogP contribution in [0.3, 0.4) is 0 Å². The third-order valence-electron chi connectivity index (χ3n) is 3.37. The number of nitrogens with two attached hydrogens (primary N) is 1. The number of nitrogen functional groups attached to an aromatic ring is 1. The first-order valence-corrected chi connectivity index (χ1v) is 9.23. The van der Waals surface area contributed by atoms with Gasteiger partial charge in [-0.3, -0.25) is 4.79 Å². The molecule has 0 saturated carbocycles.